The van der Waals surface area contributed by atoms with Gasteiger partial charge in [0.15, 0.2) is 0 Å². The Kier molecular flexibility index (Phi) is 8.84. The molecule has 8 nitrogen and oxygen atoms in total. The second kappa shape index (κ2) is 11.6. The van der Waals surface area contributed by atoms with Crippen LogP contribution in [0.5, 0.6) is 0 Å². The Hall–Kier alpha value is -2.04. The Balaban J connectivity index is 1.76. The van der Waals surface area contributed by atoms with Crippen LogP contribution in [-0.2, 0) is 14.2 Å². The van der Waals surface area contributed by atoms with E-state index in [1.54, 1.807) is 12.3 Å². The lowest BCUT2D eigenvalue weighted by atomic mass is 10.1. The summed E-state index contributed by atoms with van der Waals surface area (Å²) in [6.07, 6.45) is 8.11. The predicted octanol–water partition coefficient (Wildman–Crippen LogP) is 8.09. The number of rotatable bonds is 8. The second-order valence-electron chi connectivity index (χ2n) is 11.9. The van der Waals surface area contributed by atoms with Crippen LogP contribution in [0.15, 0.2) is 24.7 Å². The first-order valence-corrected chi connectivity index (χ1v) is 17.5. The number of amides is 1. The van der Waals surface area contributed by atoms with Crippen molar-refractivity contribution in [2.45, 2.75) is 77.5 Å². The maximum atomic E-state index is 13.5. The zero-order chi connectivity index (χ0) is 27.7. The van der Waals surface area contributed by atoms with Gasteiger partial charge in [0.1, 0.15) is 18.6 Å². The average molecular weight is 582 g/mol. The number of benzene rings is 1. The first-order valence-electron chi connectivity index (χ1n) is 13.1. The van der Waals surface area contributed by atoms with Gasteiger partial charge in [0.25, 0.3) is 0 Å². The fourth-order valence-electron chi connectivity index (χ4n) is 4.32. The molecule has 0 radical (unpaired) electrons. The number of nitrogens with one attached hydrogen (secondary N) is 1. The molecule has 3 heterocycles. The SMILES string of the molecule is CC(C)(C)OC(=O)N(COCC[Si](C)(C)C)c1cc(Cl)c(Cl)c2[nH]cc(-c3cnn(C4CCCCO4)c3)c12. The van der Waals surface area contributed by atoms with Gasteiger partial charge < -0.3 is 19.2 Å². The highest BCUT2D eigenvalue weighted by Gasteiger charge is 2.29. The maximum Gasteiger partial charge on any atom is 0.416 e. The van der Waals surface area contributed by atoms with Crippen molar-refractivity contribution in [3.63, 3.8) is 0 Å². The first-order chi connectivity index (χ1) is 17.8. The van der Waals surface area contributed by atoms with Crippen LogP contribution in [-0.4, -0.2) is 54.5 Å². The molecule has 0 spiro atoms. The van der Waals surface area contributed by atoms with E-state index in [2.05, 4.69) is 29.7 Å². The Morgan fingerprint density at radius 1 is 1.29 bits per heavy atom. The number of aromatic nitrogens is 3. The molecule has 1 atom stereocenters. The molecule has 0 saturated carbocycles. The molecule has 1 amide bonds. The monoisotopic (exact) mass is 580 g/mol. The Bertz CT molecular complexity index is 1270. The van der Waals surface area contributed by atoms with Gasteiger partial charge in [0.2, 0.25) is 0 Å². The summed E-state index contributed by atoms with van der Waals surface area (Å²) in [4.78, 5) is 18.2. The standard InChI is InChI=1S/C27H38Cl2N4O4Si/c1-27(2,3)37-26(34)32(17-35-11-12-38(4,5)6)21-13-20(28)24(29)25-23(21)19(15-30-25)18-14-31-33(16-18)22-9-7-8-10-36-22/h13-16,22,30H,7-12,17H2,1-6H3. The highest BCUT2D eigenvalue weighted by molar-refractivity contribution is 6.76. The third-order valence-electron chi connectivity index (χ3n) is 6.31. The number of carbonyl (C=O) groups is 1. The van der Waals surface area contributed by atoms with Crippen LogP contribution in [0.4, 0.5) is 10.5 Å². The van der Waals surface area contributed by atoms with Crippen molar-refractivity contribution in [2.24, 2.45) is 0 Å². The van der Waals surface area contributed by atoms with E-state index in [-0.39, 0.29) is 13.0 Å². The first kappa shape index (κ1) is 29.0. The number of aromatic amines is 1. The summed E-state index contributed by atoms with van der Waals surface area (Å²) in [5, 5.41) is 6.02. The van der Waals surface area contributed by atoms with E-state index >= 15 is 0 Å². The molecule has 2 aromatic heterocycles. The van der Waals surface area contributed by atoms with Gasteiger partial charge in [-0.2, -0.15) is 5.10 Å². The lowest BCUT2D eigenvalue weighted by molar-refractivity contribution is -0.0394. The van der Waals surface area contributed by atoms with Gasteiger partial charge in [-0.25, -0.2) is 9.48 Å². The lowest BCUT2D eigenvalue weighted by Gasteiger charge is -2.28. The molecule has 1 aliphatic rings. The molecule has 3 aromatic rings. The summed E-state index contributed by atoms with van der Waals surface area (Å²) in [6, 6.07) is 2.67. The van der Waals surface area contributed by atoms with Crippen LogP contribution in [0.2, 0.25) is 35.7 Å². The van der Waals surface area contributed by atoms with Crippen molar-refractivity contribution in [1.29, 1.82) is 0 Å². The van der Waals surface area contributed by atoms with Crippen molar-refractivity contribution in [1.82, 2.24) is 14.8 Å². The van der Waals surface area contributed by atoms with E-state index in [0.29, 0.717) is 27.9 Å². The number of ether oxygens (including phenoxy) is 3. The minimum atomic E-state index is -1.31. The largest absolute Gasteiger partial charge is 0.443 e. The summed E-state index contributed by atoms with van der Waals surface area (Å²) in [6.45, 7) is 13.7. The van der Waals surface area contributed by atoms with Crippen LogP contribution in [0.1, 0.15) is 46.3 Å². The van der Waals surface area contributed by atoms with E-state index in [9.17, 15) is 4.79 Å². The molecule has 0 aliphatic carbocycles. The zero-order valence-electron chi connectivity index (χ0n) is 23.1. The van der Waals surface area contributed by atoms with E-state index in [1.807, 2.05) is 37.8 Å². The van der Waals surface area contributed by atoms with Crippen molar-refractivity contribution >= 4 is 54.0 Å². The minimum absolute atomic E-state index is 0.0201. The predicted molar refractivity (Wildman–Crippen MR) is 156 cm³/mol. The number of halogens is 2. The van der Waals surface area contributed by atoms with Gasteiger partial charge in [0.05, 0.1) is 27.4 Å². The van der Waals surface area contributed by atoms with Crippen LogP contribution >= 0.6 is 23.2 Å². The topological polar surface area (TPSA) is 81.6 Å². The number of hydrogen-bond donors (Lipinski definition) is 1. The minimum Gasteiger partial charge on any atom is -0.443 e. The van der Waals surface area contributed by atoms with Crippen molar-refractivity contribution in [3.05, 3.63) is 34.7 Å². The van der Waals surface area contributed by atoms with E-state index in [0.717, 1.165) is 48.4 Å². The fourth-order valence-corrected chi connectivity index (χ4v) is 5.47. The summed E-state index contributed by atoms with van der Waals surface area (Å²) >= 11 is 13.2. The zero-order valence-corrected chi connectivity index (χ0v) is 25.6. The molecule has 1 unspecified atom stereocenters. The molecular weight excluding hydrogens is 543 g/mol. The van der Waals surface area contributed by atoms with Crippen LogP contribution in [0, 0.1) is 0 Å². The lowest BCUT2D eigenvalue weighted by Crippen LogP contribution is -2.39. The Morgan fingerprint density at radius 3 is 2.71 bits per heavy atom. The summed E-state index contributed by atoms with van der Waals surface area (Å²) in [5.41, 5.74) is 2.20. The van der Waals surface area contributed by atoms with Gasteiger partial charge in [-0.15, -0.1) is 0 Å². The normalized spacial score (nSPS) is 16.7. The molecular formula is C27H38Cl2N4O4Si. The van der Waals surface area contributed by atoms with Gasteiger partial charge in [-0.3, -0.25) is 4.90 Å². The molecule has 1 fully saturated rings. The smallest absolute Gasteiger partial charge is 0.416 e. The number of anilines is 1. The number of H-pyrrole nitrogens is 1. The average Bonchev–Trinajstić information content (AvgIpc) is 3.48. The van der Waals surface area contributed by atoms with Crippen LogP contribution in [0.25, 0.3) is 22.0 Å². The van der Waals surface area contributed by atoms with Crippen molar-refractivity contribution in [2.75, 3.05) is 24.8 Å². The van der Waals surface area contributed by atoms with Gasteiger partial charge >= 0.3 is 6.09 Å². The number of nitrogens with zero attached hydrogens (tertiary/aromatic N) is 3. The molecule has 1 saturated heterocycles. The number of carbonyl (C=O) groups excluding carboxylic acids is 1. The summed E-state index contributed by atoms with van der Waals surface area (Å²) in [7, 11) is -1.31. The van der Waals surface area contributed by atoms with Gasteiger partial charge in [-0.1, -0.05) is 42.8 Å². The third-order valence-corrected chi connectivity index (χ3v) is 8.81. The van der Waals surface area contributed by atoms with Crippen molar-refractivity contribution in [3.8, 4) is 11.1 Å². The molecule has 1 aromatic carbocycles. The van der Waals surface area contributed by atoms with Gasteiger partial charge in [-0.05, 0) is 52.1 Å². The van der Waals surface area contributed by atoms with E-state index in [1.165, 1.54) is 4.90 Å². The molecule has 1 aliphatic heterocycles. The summed E-state index contributed by atoms with van der Waals surface area (Å²) < 4.78 is 19.6. The maximum absolute atomic E-state index is 13.5. The highest BCUT2D eigenvalue weighted by Crippen LogP contribution is 2.43. The Morgan fingerprint density at radius 2 is 2.05 bits per heavy atom. The van der Waals surface area contributed by atoms with Gasteiger partial charge in [0, 0.05) is 50.2 Å². The molecule has 208 valence electrons. The number of fused-ring (bicyclic) bond motifs is 1. The number of hydrogen-bond acceptors (Lipinski definition) is 5. The fraction of sp³-hybridized carbons (Fsp3) is 0.556. The quantitative estimate of drug-likeness (QED) is 0.165. The summed E-state index contributed by atoms with van der Waals surface area (Å²) in [5.74, 6) is 0. The Labute approximate surface area is 235 Å². The molecule has 4 rings (SSSR count). The molecule has 1 N–H and O–H groups in total. The molecule has 0 bridgehead atoms. The van der Waals surface area contributed by atoms with Crippen molar-refractivity contribution < 1.29 is 19.0 Å². The van der Waals surface area contributed by atoms with E-state index in [4.69, 9.17) is 37.4 Å². The van der Waals surface area contributed by atoms with Crippen LogP contribution < -0.4 is 4.90 Å². The second-order valence-corrected chi connectivity index (χ2v) is 18.3. The van der Waals surface area contributed by atoms with E-state index < -0.39 is 19.8 Å². The molecule has 38 heavy (non-hydrogen) atoms. The third kappa shape index (κ3) is 6.93. The van der Waals surface area contributed by atoms with Crippen LogP contribution in [0.3, 0.4) is 0 Å². The molecule has 11 heteroatoms. The highest BCUT2D eigenvalue weighted by atomic mass is 35.5.